The second-order valence-corrected chi connectivity index (χ2v) is 7.26. The molecule has 1 aliphatic rings. The van der Waals surface area contributed by atoms with Crippen LogP contribution < -0.4 is 0 Å². The molecule has 2 rings (SSSR count). The number of benzene rings is 1. The van der Waals surface area contributed by atoms with Gasteiger partial charge in [0, 0.05) is 12.6 Å². The first-order valence-electron chi connectivity index (χ1n) is 6.31. The predicted molar refractivity (Wildman–Crippen MR) is 71.8 cm³/mol. The van der Waals surface area contributed by atoms with Gasteiger partial charge in [-0.3, -0.25) is 10.1 Å². The van der Waals surface area contributed by atoms with Crippen LogP contribution in [0.5, 0.6) is 0 Å². The monoisotopic (exact) mass is 336 g/mol. The summed E-state index contributed by atoms with van der Waals surface area (Å²) in [6, 6.07) is 0.615. The fraction of sp³-hybridized carbons (Fsp3) is 0.500. The van der Waals surface area contributed by atoms with Gasteiger partial charge in [-0.25, -0.2) is 17.2 Å². The van der Waals surface area contributed by atoms with E-state index in [-0.39, 0.29) is 25.8 Å². The molecule has 1 saturated heterocycles. The number of sulfonamides is 1. The lowest BCUT2D eigenvalue weighted by atomic mass is 10.1. The molecule has 1 aromatic carbocycles. The molecule has 122 valence electrons. The van der Waals surface area contributed by atoms with Gasteiger partial charge in [-0.15, -0.1) is 0 Å². The Morgan fingerprint density at radius 3 is 2.45 bits per heavy atom. The smallest absolute Gasteiger partial charge is 0.292 e. The second kappa shape index (κ2) is 5.52. The Morgan fingerprint density at radius 2 is 1.91 bits per heavy atom. The van der Waals surface area contributed by atoms with E-state index in [1.807, 2.05) is 0 Å². The largest absolute Gasteiger partial charge is 0.378 e. The number of nitrogens with zero attached hydrogens (tertiary/aromatic N) is 2. The molecule has 0 spiro atoms. The molecular weight excluding hydrogens is 322 g/mol. The molecule has 22 heavy (non-hydrogen) atoms. The maximum atomic E-state index is 13.4. The van der Waals surface area contributed by atoms with E-state index in [9.17, 15) is 27.3 Å². The Labute approximate surface area is 125 Å². The van der Waals surface area contributed by atoms with Gasteiger partial charge in [0.1, 0.15) is 0 Å². The molecular formula is C12H14F2N2O5S. The zero-order valence-electron chi connectivity index (χ0n) is 11.9. The van der Waals surface area contributed by atoms with Crippen molar-refractivity contribution in [3.8, 4) is 0 Å². The van der Waals surface area contributed by atoms with Gasteiger partial charge in [-0.2, -0.15) is 4.31 Å². The molecule has 0 unspecified atom stereocenters. The summed E-state index contributed by atoms with van der Waals surface area (Å²) < 4.78 is 58.1. The van der Waals surface area contributed by atoms with E-state index in [2.05, 4.69) is 0 Å². The van der Waals surface area contributed by atoms with Crippen LogP contribution in [0.2, 0.25) is 0 Å². The third-order valence-electron chi connectivity index (χ3n) is 3.34. The molecule has 10 heteroatoms. The van der Waals surface area contributed by atoms with Gasteiger partial charge in [-0.05, 0) is 13.8 Å². The lowest BCUT2D eigenvalue weighted by molar-refractivity contribution is -0.388. The summed E-state index contributed by atoms with van der Waals surface area (Å²) >= 11 is 0. The van der Waals surface area contributed by atoms with Crippen molar-refractivity contribution in [2.45, 2.75) is 24.3 Å². The summed E-state index contributed by atoms with van der Waals surface area (Å²) in [7, 11) is -4.38. The minimum atomic E-state index is -4.38. The Balaban J connectivity index is 2.63. The number of hydrogen-bond donors (Lipinski definition) is 0. The van der Waals surface area contributed by atoms with Crippen molar-refractivity contribution in [1.82, 2.24) is 4.31 Å². The highest BCUT2D eigenvalue weighted by molar-refractivity contribution is 7.89. The first-order valence-corrected chi connectivity index (χ1v) is 7.75. The van der Waals surface area contributed by atoms with Crippen molar-refractivity contribution >= 4 is 15.7 Å². The second-order valence-electron chi connectivity index (χ2n) is 5.43. The number of halogens is 2. The summed E-state index contributed by atoms with van der Waals surface area (Å²) in [5.74, 6) is -2.94. The van der Waals surface area contributed by atoms with Crippen molar-refractivity contribution in [2.24, 2.45) is 0 Å². The Bertz CT molecular complexity index is 720. The molecule has 1 heterocycles. The average Bonchev–Trinajstić information content (AvgIpc) is 2.40. The number of ether oxygens (including phenoxy) is 1. The van der Waals surface area contributed by atoms with Gasteiger partial charge >= 0.3 is 0 Å². The Morgan fingerprint density at radius 1 is 1.32 bits per heavy atom. The number of morpholine rings is 1. The number of rotatable bonds is 3. The molecule has 7 nitrogen and oxygen atoms in total. The standard InChI is InChI=1S/C12H14F2N2O5S/c1-12(2)7-21-4-3-15(12)22(19,20)11-6-9(14)8(13)5-10(11)16(17)18/h5-6H,3-4,7H2,1-2H3. The van der Waals surface area contributed by atoms with Crippen molar-refractivity contribution in [3.05, 3.63) is 33.9 Å². The average molecular weight is 336 g/mol. The highest BCUT2D eigenvalue weighted by Crippen LogP contribution is 2.33. The van der Waals surface area contributed by atoms with E-state index >= 15 is 0 Å². The molecule has 1 aromatic rings. The van der Waals surface area contributed by atoms with Crippen molar-refractivity contribution < 1.29 is 26.9 Å². The van der Waals surface area contributed by atoms with E-state index in [1.54, 1.807) is 13.8 Å². The molecule has 0 N–H and O–H groups in total. The van der Waals surface area contributed by atoms with Crippen LogP contribution in [0.15, 0.2) is 17.0 Å². The van der Waals surface area contributed by atoms with Crippen molar-refractivity contribution in [3.63, 3.8) is 0 Å². The van der Waals surface area contributed by atoms with Crippen LogP contribution in [-0.4, -0.2) is 42.9 Å². The third kappa shape index (κ3) is 2.81. The molecule has 0 aliphatic carbocycles. The van der Waals surface area contributed by atoms with Gasteiger partial charge in [0.05, 0.1) is 29.7 Å². The summed E-state index contributed by atoms with van der Waals surface area (Å²) in [4.78, 5) is 9.06. The molecule has 1 aliphatic heterocycles. The van der Waals surface area contributed by atoms with Crippen LogP contribution in [0.1, 0.15) is 13.8 Å². The van der Waals surface area contributed by atoms with Crippen LogP contribution in [0.3, 0.4) is 0 Å². The molecule has 0 aromatic heterocycles. The van der Waals surface area contributed by atoms with Gasteiger partial charge in [0.15, 0.2) is 16.5 Å². The minimum absolute atomic E-state index is 0.0362. The predicted octanol–water partition coefficient (Wildman–Crippen LogP) is 1.67. The van der Waals surface area contributed by atoms with Crippen LogP contribution in [0.25, 0.3) is 0 Å². The normalized spacial score (nSPS) is 19.1. The van der Waals surface area contributed by atoms with Crippen molar-refractivity contribution in [1.29, 1.82) is 0 Å². The molecule has 0 bridgehead atoms. The maximum Gasteiger partial charge on any atom is 0.292 e. The van der Waals surface area contributed by atoms with Crippen LogP contribution in [0.4, 0.5) is 14.5 Å². The van der Waals surface area contributed by atoms with Gasteiger partial charge in [-0.1, -0.05) is 0 Å². The molecule has 0 amide bonds. The summed E-state index contributed by atoms with van der Waals surface area (Å²) in [6.07, 6.45) is 0. The molecule has 1 fully saturated rings. The van der Waals surface area contributed by atoms with Crippen LogP contribution in [-0.2, 0) is 14.8 Å². The fourth-order valence-corrected chi connectivity index (χ4v) is 4.18. The first-order chi connectivity index (χ1) is 10.1. The lowest BCUT2D eigenvalue weighted by Crippen LogP contribution is -2.55. The zero-order valence-corrected chi connectivity index (χ0v) is 12.7. The number of nitro groups is 1. The van der Waals surface area contributed by atoms with E-state index in [4.69, 9.17) is 4.74 Å². The molecule has 0 radical (unpaired) electrons. The van der Waals surface area contributed by atoms with Gasteiger partial charge < -0.3 is 4.74 Å². The highest BCUT2D eigenvalue weighted by Gasteiger charge is 2.43. The topological polar surface area (TPSA) is 89.8 Å². The SMILES string of the molecule is CC1(C)COCCN1S(=O)(=O)c1cc(F)c(F)cc1[N+](=O)[O-]. The van der Waals surface area contributed by atoms with E-state index in [0.717, 1.165) is 4.31 Å². The summed E-state index contributed by atoms with van der Waals surface area (Å²) in [6.45, 7) is 3.32. The first kappa shape index (κ1) is 16.7. The van der Waals surface area contributed by atoms with E-state index < -0.39 is 42.7 Å². The van der Waals surface area contributed by atoms with Crippen molar-refractivity contribution in [2.75, 3.05) is 19.8 Å². The van der Waals surface area contributed by atoms with E-state index in [1.165, 1.54) is 0 Å². The quantitative estimate of drug-likeness (QED) is 0.619. The summed E-state index contributed by atoms with van der Waals surface area (Å²) in [5.41, 5.74) is -1.96. The molecule has 0 atom stereocenters. The van der Waals surface area contributed by atoms with E-state index in [0.29, 0.717) is 6.07 Å². The third-order valence-corrected chi connectivity index (χ3v) is 5.48. The minimum Gasteiger partial charge on any atom is -0.378 e. The summed E-state index contributed by atoms with van der Waals surface area (Å²) in [5, 5.41) is 11.0. The molecule has 0 saturated carbocycles. The number of nitro benzene ring substituents is 1. The number of hydrogen-bond acceptors (Lipinski definition) is 5. The van der Waals surface area contributed by atoms with Gasteiger partial charge in [0.25, 0.3) is 15.7 Å². The van der Waals surface area contributed by atoms with Crippen LogP contribution in [0, 0.1) is 21.7 Å². The maximum absolute atomic E-state index is 13.4. The zero-order chi connectivity index (χ0) is 16.7. The highest BCUT2D eigenvalue weighted by atomic mass is 32.2. The van der Waals surface area contributed by atoms with Crippen LogP contribution >= 0.6 is 0 Å². The lowest BCUT2D eigenvalue weighted by Gasteiger charge is -2.40. The fourth-order valence-electron chi connectivity index (χ4n) is 2.28. The van der Waals surface area contributed by atoms with Gasteiger partial charge in [0.2, 0.25) is 0 Å². The Hall–Kier alpha value is -1.65. The Kier molecular flexibility index (Phi) is 4.20.